The van der Waals surface area contributed by atoms with Crippen LogP contribution >= 0.6 is 0 Å². The van der Waals surface area contributed by atoms with E-state index < -0.39 is 15.8 Å². The zero-order valence-electron chi connectivity index (χ0n) is 15.3. The molecule has 4 rings (SSSR count). The van der Waals surface area contributed by atoms with Crippen LogP contribution in [0.15, 0.2) is 53.7 Å². The zero-order valence-corrected chi connectivity index (χ0v) is 16.1. The molecule has 28 heavy (non-hydrogen) atoms. The fourth-order valence-corrected chi connectivity index (χ4v) is 4.60. The molecule has 1 aliphatic rings. The van der Waals surface area contributed by atoms with Gasteiger partial charge in [-0.1, -0.05) is 0 Å². The summed E-state index contributed by atoms with van der Waals surface area (Å²) in [6.07, 6.45) is 7.66. The van der Waals surface area contributed by atoms with Gasteiger partial charge in [-0.05, 0) is 62.1 Å². The molecule has 1 aliphatic carbocycles. The van der Waals surface area contributed by atoms with Gasteiger partial charge in [0.2, 0.25) is 10.0 Å². The summed E-state index contributed by atoms with van der Waals surface area (Å²) in [6, 6.07) is 8.68. The summed E-state index contributed by atoms with van der Waals surface area (Å²) in [7, 11) is -3.68. The lowest BCUT2D eigenvalue weighted by Crippen LogP contribution is -2.28. The number of benzene rings is 1. The summed E-state index contributed by atoms with van der Waals surface area (Å²) in [5.74, 6) is -0.467. The fourth-order valence-electron chi connectivity index (χ4n) is 3.58. The Hall–Kier alpha value is -2.58. The molecule has 0 saturated heterocycles. The molecule has 0 bridgehead atoms. The minimum Gasteiger partial charge on any atom is -0.267 e. The fraction of sp³-hybridized carbons (Fsp3) is 0.300. The predicted molar refractivity (Wildman–Crippen MR) is 104 cm³/mol. The molecule has 0 radical (unpaired) electrons. The highest BCUT2D eigenvalue weighted by atomic mass is 32.2. The Balaban J connectivity index is 1.52. The van der Waals surface area contributed by atoms with E-state index >= 15 is 0 Å². The van der Waals surface area contributed by atoms with Crippen LogP contribution in [0.25, 0.3) is 11.3 Å². The Morgan fingerprint density at radius 3 is 2.50 bits per heavy atom. The van der Waals surface area contributed by atoms with Crippen LogP contribution < -0.4 is 4.72 Å². The maximum atomic E-state index is 13.0. The van der Waals surface area contributed by atoms with Gasteiger partial charge in [0.15, 0.2) is 0 Å². The molecule has 2 aromatic heterocycles. The first-order chi connectivity index (χ1) is 13.5. The van der Waals surface area contributed by atoms with Gasteiger partial charge in [0.05, 0.1) is 17.1 Å². The Bertz CT molecular complexity index is 1060. The van der Waals surface area contributed by atoms with Crippen LogP contribution in [0.2, 0.25) is 0 Å². The normalized spacial score (nSPS) is 14.0. The highest BCUT2D eigenvalue weighted by molar-refractivity contribution is 7.89. The minimum absolute atomic E-state index is 0.0499. The second-order valence-electron chi connectivity index (χ2n) is 6.79. The van der Waals surface area contributed by atoms with Crippen LogP contribution in [0.3, 0.4) is 0 Å². The van der Waals surface area contributed by atoms with Gasteiger partial charge in [-0.25, -0.2) is 17.5 Å². The van der Waals surface area contributed by atoms with Crippen molar-refractivity contribution in [1.82, 2.24) is 19.5 Å². The maximum Gasteiger partial charge on any atom is 0.240 e. The van der Waals surface area contributed by atoms with E-state index in [1.807, 2.05) is 16.8 Å². The molecular weight excluding hydrogens is 379 g/mol. The molecule has 0 saturated carbocycles. The molecular formula is C20H21FN4O2S. The molecule has 146 valence electrons. The quantitative estimate of drug-likeness (QED) is 0.690. The van der Waals surface area contributed by atoms with Crippen molar-refractivity contribution in [2.75, 3.05) is 6.54 Å². The monoisotopic (exact) mass is 400 g/mol. The number of hydrogen-bond donors (Lipinski definition) is 1. The maximum absolute atomic E-state index is 13.0. The third-order valence-corrected chi connectivity index (χ3v) is 6.43. The Kier molecular flexibility index (Phi) is 5.23. The van der Waals surface area contributed by atoms with Crippen molar-refractivity contribution in [3.05, 3.63) is 65.9 Å². The molecule has 8 heteroatoms. The molecule has 0 aliphatic heterocycles. The number of sulfonamides is 1. The second kappa shape index (κ2) is 7.81. The van der Waals surface area contributed by atoms with E-state index in [0.717, 1.165) is 49.1 Å². The van der Waals surface area contributed by atoms with Gasteiger partial charge in [0.25, 0.3) is 0 Å². The zero-order chi connectivity index (χ0) is 19.6. The minimum atomic E-state index is -3.68. The lowest BCUT2D eigenvalue weighted by Gasteiger charge is -2.14. The number of nitrogens with one attached hydrogen (secondary N) is 1. The van der Waals surface area contributed by atoms with E-state index in [1.165, 1.54) is 23.4 Å². The number of pyridine rings is 1. The summed E-state index contributed by atoms with van der Waals surface area (Å²) < 4.78 is 42.3. The molecule has 1 aromatic carbocycles. The molecule has 1 N–H and O–H groups in total. The molecule has 2 heterocycles. The Morgan fingerprint density at radius 2 is 1.75 bits per heavy atom. The van der Waals surface area contributed by atoms with Gasteiger partial charge in [-0.2, -0.15) is 5.10 Å². The highest BCUT2D eigenvalue weighted by Crippen LogP contribution is 2.30. The van der Waals surface area contributed by atoms with Crippen molar-refractivity contribution in [2.24, 2.45) is 0 Å². The topological polar surface area (TPSA) is 76.9 Å². The van der Waals surface area contributed by atoms with Crippen LogP contribution in [0, 0.1) is 5.82 Å². The number of fused-ring (bicyclic) bond motifs is 1. The number of rotatable bonds is 6. The van der Waals surface area contributed by atoms with Crippen molar-refractivity contribution in [3.63, 3.8) is 0 Å². The second-order valence-corrected chi connectivity index (χ2v) is 8.56. The van der Waals surface area contributed by atoms with Gasteiger partial charge in [0.1, 0.15) is 5.82 Å². The highest BCUT2D eigenvalue weighted by Gasteiger charge is 2.22. The van der Waals surface area contributed by atoms with E-state index in [1.54, 1.807) is 12.4 Å². The van der Waals surface area contributed by atoms with Crippen molar-refractivity contribution >= 4 is 10.0 Å². The van der Waals surface area contributed by atoms with E-state index in [9.17, 15) is 12.8 Å². The van der Waals surface area contributed by atoms with Crippen molar-refractivity contribution in [2.45, 2.75) is 37.1 Å². The standard InChI is InChI=1S/C20H21FN4O2S/c21-16-5-7-17(8-6-16)28(26,27)23-13-14-25-19-4-2-1-3-18(19)20(24-25)15-9-11-22-12-10-15/h5-12,23H,1-4,13-14H2. The third kappa shape index (κ3) is 3.83. The van der Waals surface area contributed by atoms with Crippen LogP contribution in [0.4, 0.5) is 4.39 Å². The van der Waals surface area contributed by atoms with Crippen molar-refractivity contribution < 1.29 is 12.8 Å². The summed E-state index contributed by atoms with van der Waals surface area (Å²) in [4.78, 5) is 4.12. The lowest BCUT2D eigenvalue weighted by atomic mass is 9.94. The molecule has 0 spiro atoms. The molecule has 3 aromatic rings. The number of halogens is 1. The number of aromatic nitrogens is 3. The first-order valence-corrected chi connectivity index (χ1v) is 10.8. The molecule has 0 amide bonds. The van der Waals surface area contributed by atoms with Gasteiger partial charge < -0.3 is 0 Å². The van der Waals surface area contributed by atoms with Crippen LogP contribution in [-0.2, 0) is 29.4 Å². The van der Waals surface area contributed by atoms with Crippen LogP contribution in [0.5, 0.6) is 0 Å². The molecule has 0 unspecified atom stereocenters. The average molecular weight is 400 g/mol. The van der Waals surface area contributed by atoms with Gasteiger partial charge >= 0.3 is 0 Å². The van der Waals surface area contributed by atoms with Crippen molar-refractivity contribution in [1.29, 1.82) is 0 Å². The first-order valence-electron chi connectivity index (χ1n) is 9.29. The average Bonchev–Trinajstić information content (AvgIpc) is 3.08. The summed E-state index contributed by atoms with van der Waals surface area (Å²) >= 11 is 0. The number of hydrogen-bond acceptors (Lipinski definition) is 4. The largest absolute Gasteiger partial charge is 0.267 e. The van der Waals surface area contributed by atoms with Gasteiger partial charge in [0, 0.05) is 35.8 Å². The SMILES string of the molecule is O=S(=O)(NCCn1nc(-c2ccncc2)c2c1CCCC2)c1ccc(F)cc1. The van der Waals surface area contributed by atoms with Crippen LogP contribution in [0.1, 0.15) is 24.1 Å². The summed E-state index contributed by atoms with van der Waals surface area (Å²) in [6.45, 7) is 0.650. The molecule has 6 nitrogen and oxygen atoms in total. The Labute approximate surface area is 163 Å². The smallest absolute Gasteiger partial charge is 0.240 e. The van der Waals surface area contributed by atoms with Gasteiger partial charge in [-0.3, -0.25) is 9.67 Å². The number of nitrogens with zero attached hydrogens (tertiary/aromatic N) is 3. The van der Waals surface area contributed by atoms with E-state index in [4.69, 9.17) is 5.10 Å². The summed E-state index contributed by atoms with van der Waals surface area (Å²) in [5, 5.41) is 4.77. The van der Waals surface area contributed by atoms with Gasteiger partial charge in [-0.15, -0.1) is 0 Å². The lowest BCUT2D eigenvalue weighted by molar-refractivity contribution is 0.538. The summed E-state index contributed by atoms with van der Waals surface area (Å²) in [5.41, 5.74) is 4.41. The molecule has 0 fully saturated rings. The third-order valence-electron chi connectivity index (χ3n) is 4.95. The van der Waals surface area contributed by atoms with E-state index in [2.05, 4.69) is 9.71 Å². The van der Waals surface area contributed by atoms with E-state index in [0.29, 0.717) is 6.54 Å². The van der Waals surface area contributed by atoms with E-state index in [-0.39, 0.29) is 11.4 Å². The van der Waals surface area contributed by atoms with Crippen molar-refractivity contribution in [3.8, 4) is 11.3 Å². The first kappa shape index (κ1) is 18.8. The molecule has 0 atom stereocenters. The predicted octanol–water partition coefficient (Wildman–Crippen LogP) is 2.94. The van der Waals surface area contributed by atoms with Crippen LogP contribution in [-0.4, -0.2) is 29.7 Å². The Morgan fingerprint density at radius 1 is 1.04 bits per heavy atom.